The average molecular weight is 549 g/mol. The fourth-order valence-electron chi connectivity index (χ4n) is 4.43. The van der Waals surface area contributed by atoms with E-state index in [0.29, 0.717) is 63.2 Å². The first-order valence-corrected chi connectivity index (χ1v) is 14.3. The van der Waals surface area contributed by atoms with Gasteiger partial charge in [-0.05, 0) is 31.7 Å². The number of sulfonamides is 1. The highest BCUT2D eigenvalue weighted by Gasteiger charge is 2.26. The second kappa shape index (κ2) is 10.8. The maximum Gasteiger partial charge on any atom is 0.277 e. The number of thiophene rings is 1. The third kappa shape index (κ3) is 5.65. The topological polar surface area (TPSA) is 163 Å². The molecule has 3 N–H and O–H groups in total. The number of aromatic nitrogens is 4. The monoisotopic (exact) mass is 548 g/mol. The highest BCUT2D eigenvalue weighted by Crippen LogP contribution is 2.34. The third-order valence-electron chi connectivity index (χ3n) is 6.48. The first-order valence-electron chi connectivity index (χ1n) is 12.0. The van der Waals surface area contributed by atoms with E-state index in [4.69, 9.17) is 9.94 Å². The van der Waals surface area contributed by atoms with Gasteiger partial charge in [0.2, 0.25) is 16.0 Å². The van der Waals surface area contributed by atoms with Gasteiger partial charge in [-0.15, -0.1) is 11.3 Å². The summed E-state index contributed by atoms with van der Waals surface area (Å²) in [5.74, 6) is 1.36. The highest BCUT2D eigenvalue weighted by molar-refractivity contribution is 7.91. The number of morpholine rings is 1. The molecule has 0 saturated carbocycles. The van der Waals surface area contributed by atoms with Gasteiger partial charge in [0.15, 0.2) is 5.82 Å². The molecule has 0 radical (unpaired) electrons. The molecule has 2 aliphatic rings. The zero-order valence-electron chi connectivity index (χ0n) is 20.3. The van der Waals surface area contributed by atoms with Crippen molar-refractivity contribution < 1.29 is 23.2 Å². The van der Waals surface area contributed by atoms with Crippen molar-refractivity contribution in [2.24, 2.45) is 5.92 Å². The molecule has 198 valence electrons. The van der Waals surface area contributed by atoms with E-state index in [1.807, 2.05) is 11.8 Å². The molecule has 15 heteroatoms. The third-order valence-corrected chi connectivity index (χ3v) is 9.50. The molecule has 2 saturated heterocycles. The van der Waals surface area contributed by atoms with Crippen LogP contribution < -0.4 is 20.0 Å². The van der Waals surface area contributed by atoms with E-state index in [-0.39, 0.29) is 15.7 Å². The molecule has 13 nitrogen and oxygen atoms in total. The van der Waals surface area contributed by atoms with Crippen LogP contribution in [0.2, 0.25) is 0 Å². The van der Waals surface area contributed by atoms with Gasteiger partial charge in [0.1, 0.15) is 10.0 Å². The van der Waals surface area contributed by atoms with Crippen molar-refractivity contribution in [2.45, 2.75) is 24.0 Å². The molecule has 0 bridgehead atoms. The van der Waals surface area contributed by atoms with Crippen molar-refractivity contribution in [1.82, 2.24) is 30.1 Å². The molecule has 2 fully saturated rings. The summed E-state index contributed by atoms with van der Waals surface area (Å²) in [5, 5.41) is 8.70. The minimum atomic E-state index is -3.70. The number of fused-ring (bicyclic) bond motifs is 1. The second-order valence-corrected chi connectivity index (χ2v) is 12.0. The predicted molar refractivity (Wildman–Crippen MR) is 137 cm³/mol. The summed E-state index contributed by atoms with van der Waals surface area (Å²) in [7, 11) is -3.70. The van der Waals surface area contributed by atoms with Gasteiger partial charge in [-0.25, -0.2) is 38.6 Å². The fourth-order valence-corrected chi connectivity index (χ4v) is 7.01. The van der Waals surface area contributed by atoms with Crippen LogP contribution in [0.25, 0.3) is 10.2 Å². The Kier molecular flexibility index (Phi) is 7.48. The fraction of sp³-hybridized carbons (Fsp3) is 0.500. The largest absolute Gasteiger partial charge is 0.378 e. The summed E-state index contributed by atoms with van der Waals surface area (Å²) in [4.78, 5) is 33.0. The van der Waals surface area contributed by atoms with Crippen LogP contribution >= 0.6 is 11.3 Å². The van der Waals surface area contributed by atoms with Crippen molar-refractivity contribution in [1.29, 1.82) is 0 Å². The number of piperidine rings is 1. The molecule has 3 aromatic heterocycles. The van der Waals surface area contributed by atoms with Crippen molar-refractivity contribution in [3.8, 4) is 0 Å². The molecule has 0 aliphatic carbocycles. The van der Waals surface area contributed by atoms with Gasteiger partial charge in [0.25, 0.3) is 5.91 Å². The molecule has 5 rings (SSSR count). The summed E-state index contributed by atoms with van der Waals surface area (Å²) in [6.07, 6.45) is 4.25. The number of amides is 1. The number of anilines is 2. The summed E-state index contributed by atoms with van der Waals surface area (Å²) < 4.78 is 35.5. The number of nitrogens with zero attached hydrogens (tertiary/aromatic N) is 6. The van der Waals surface area contributed by atoms with Crippen molar-refractivity contribution in [3.05, 3.63) is 29.8 Å². The van der Waals surface area contributed by atoms with E-state index in [1.54, 1.807) is 11.5 Å². The first-order chi connectivity index (χ1) is 17.8. The lowest BCUT2D eigenvalue weighted by molar-refractivity contribution is 0.0705. The predicted octanol–water partition coefficient (Wildman–Crippen LogP) is 0.940. The molecular formula is C22H28N8O5S2. The Bertz CT molecular complexity index is 1370. The number of aryl methyl sites for hydroxylation is 1. The Labute approximate surface area is 217 Å². The van der Waals surface area contributed by atoms with Crippen molar-refractivity contribution in [3.63, 3.8) is 0 Å². The van der Waals surface area contributed by atoms with E-state index in [1.165, 1.54) is 23.7 Å². The number of hydrogen-bond donors (Lipinski definition) is 3. The second-order valence-electron chi connectivity index (χ2n) is 8.97. The molecule has 5 heterocycles. The minimum Gasteiger partial charge on any atom is -0.378 e. The van der Waals surface area contributed by atoms with Gasteiger partial charge in [-0.2, -0.15) is 0 Å². The van der Waals surface area contributed by atoms with E-state index in [0.717, 1.165) is 23.4 Å². The molecule has 0 unspecified atom stereocenters. The van der Waals surface area contributed by atoms with Crippen LogP contribution in [0.4, 0.5) is 11.8 Å². The van der Waals surface area contributed by atoms with Crippen molar-refractivity contribution in [2.75, 3.05) is 55.7 Å². The number of rotatable bonds is 7. The summed E-state index contributed by atoms with van der Waals surface area (Å²) >= 11 is 1.20. The van der Waals surface area contributed by atoms with Crippen LogP contribution in [0, 0.1) is 12.8 Å². The Morgan fingerprint density at radius 1 is 1.14 bits per heavy atom. The van der Waals surface area contributed by atoms with Crippen LogP contribution in [0.15, 0.2) is 22.7 Å². The molecule has 37 heavy (non-hydrogen) atoms. The lowest BCUT2D eigenvalue weighted by atomic mass is 9.97. The summed E-state index contributed by atoms with van der Waals surface area (Å²) in [6.45, 7) is 6.11. The zero-order chi connectivity index (χ0) is 26.0. The Morgan fingerprint density at radius 3 is 2.51 bits per heavy atom. The lowest BCUT2D eigenvalue weighted by Gasteiger charge is -2.31. The van der Waals surface area contributed by atoms with Crippen LogP contribution in [0.3, 0.4) is 0 Å². The average Bonchev–Trinajstić information content (AvgIpc) is 3.37. The van der Waals surface area contributed by atoms with Gasteiger partial charge in [-0.3, -0.25) is 10.0 Å². The van der Waals surface area contributed by atoms with Crippen molar-refractivity contribution >= 4 is 49.3 Å². The van der Waals surface area contributed by atoms with E-state index in [9.17, 15) is 13.2 Å². The summed E-state index contributed by atoms with van der Waals surface area (Å²) in [6, 6.07) is 1.63. The molecule has 3 aromatic rings. The molecule has 2 aliphatic heterocycles. The standard InChI is InChI=1S/C22H28N8O5S2/c1-14-26-17-10-18(36-19(17)20(27-14)29-6-8-35-9-7-29)37(33,34)25-11-15-2-4-30(5-3-15)22-23-12-16(13-24-22)21(31)28-32/h10,12-13,15,25,32H,2-9,11H2,1H3,(H,28,31). The molecule has 0 aromatic carbocycles. The van der Waals surface area contributed by atoms with Crippen LogP contribution in [0.5, 0.6) is 0 Å². The number of carbonyl (C=O) groups excluding carboxylic acids is 1. The van der Waals surface area contributed by atoms with Crippen LogP contribution in [0.1, 0.15) is 29.0 Å². The van der Waals surface area contributed by atoms with E-state index < -0.39 is 15.9 Å². The zero-order valence-corrected chi connectivity index (χ0v) is 21.9. The van der Waals surface area contributed by atoms with E-state index in [2.05, 4.69) is 29.6 Å². The quantitative estimate of drug-likeness (QED) is 0.284. The Hall–Kier alpha value is -2.98. The smallest absolute Gasteiger partial charge is 0.277 e. The number of ether oxygens (including phenoxy) is 1. The normalized spacial score (nSPS) is 17.4. The SMILES string of the molecule is Cc1nc(N2CCOCC2)c2sc(S(=O)(=O)NCC3CCN(c4ncc(C(=O)NO)cn4)CC3)cc2n1. The Morgan fingerprint density at radius 2 is 1.84 bits per heavy atom. The molecular weight excluding hydrogens is 520 g/mol. The number of hydroxylamine groups is 1. The van der Waals surface area contributed by atoms with Crippen LogP contribution in [-0.4, -0.2) is 85.4 Å². The number of carbonyl (C=O) groups is 1. The Balaban J connectivity index is 1.21. The van der Waals surface area contributed by atoms with Gasteiger partial charge in [-0.1, -0.05) is 0 Å². The number of nitrogens with one attached hydrogen (secondary N) is 2. The van der Waals surface area contributed by atoms with E-state index >= 15 is 0 Å². The lowest BCUT2D eigenvalue weighted by Crippen LogP contribution is -2.39. The van der Waals surface area contributed by atoms with Gasteiger partial charge < -0.3 is 14.5 Å². The minimum absolute atomic E-state index is 0.162. The molecule has 0 atom stereocenters. The van der Waals surface area contributed by atoms with Crippen LogP contribution in [-0.2, 0) is 14.8 Å². The summed E-state index contributed by atoms with van der Waals surface area (Å²) in [5.41, 5.74) is 2.35. The molecule has 0 spiro atoms. The first kappa shape index (κ1) is 25.7. The van der Waals surface area contributed by atoms with Gasteiger partial charge >= 0.3 is 0 Å². The van der Waals surface area contributed by atoms with Gasteiger partial charge in [0, 0.05) is 45.1 Å². The highest BCUT2D eigenvalue weighted by atomic mass is 32.2. The number of hydrogen-bond acceptors (Lipinski definition) is 12. The maximum atomic E-state index is 13.2. The van der Waals surface area contributed by atoms with Gasteiger partial charge in [0.05, 0.1) is 29.0 Å². The maximum absolute atomic E-state index is 13.2. The molecule has 1 amide bonds.